The molecule has 0 saturated carbocycles. The van der Waals surface area contributed by atoms with Crippen LogP contribution in [0.3, 0.4) is 0 Å². The molecule has 0 spiro atoms. The fraction of sp³-hybridized carbons (Fsp3) is 1.00. The average Bonchev–Trinajstić information content (AvgIpc) is 2.17. The van der Waals surface area contributed by atoms with Crippen LogP contribution in [0.25, 0.3) is 0 Å². The zero-order valence-corrected chi connectivity index (χ0v) is 9.00. The molecule has 1 aliphatic heterocycles. The molecule has 88 valence electrons. The molecule has 1 fully saturated rings. The summed E-state index contributed by atoms with van der Waals surface area (Å²) in [6, 6.07) is 0. The Morgan fingerprint density at radius 2 is 2.13 bits per heavy atom. The Morgan fingerprint density at radius 3 is 2.73 bits per heavy atom. The summed E-state index contributed by atoms with van der Waals surface area (Å²) in [6.07, 6.45) is 0.836. The highest BCUT2D eigenvalue weighted by molar-refractivity contribution is 6.34. The van der Waals surface area contributed by atoms with Crippen molar-refractivity contribution in [3.63, 3.8) is 0 Å². The topological polar surface area (TPSA) is 79.2 Å². The predicted molar refractivity (Wildman–Crippen MR) is 55.0 cm³/mol. The number of hydrogen-bond acceptors (Lipinski definition) is 5. The van der Waals surface area contributed by atoms with E-state index in [0.717, 1.165) is 0 Å². The van der Waals surface area contributed by atoms with Gasteiger partial charge in [0, 0.05) is 12.7 Å². The van der Waals surface area contributed by atoms with Gasteiger partial charge in [-0.1, -0.05) is 6.92 Å². The van der Waals surface area contributed by atoms with Crippen LogP contribution < -0.4 is 0 Å². The van der Waals surface area contributed by atoms with Gasteiger partial charge >= 0.3 is 7.32 Å². The van der Waals surface area contributed by atoms with Gasteiger partial charge < -0.3 is 24.5 Å². The standard InChI is InChI=1S/C9H19BO5/c1-2-7(11)5-8(12)6-9-3-4-14-10(13)15-9/h7-9,11-13H,2-6H2,1H3. The largest absolute Gasteiger partial charge is 0.636 e. The van der Waals surface area contributed by atoms with E-state index < -0.39 is 19.5 Å². The minimum absolute atomic E-state index is 0.187. The number of aliphatic hydroxyl groups is 2. The molecular formula is C9H19BO5. The van der Waals surface area contributed by atoms with Gasteiger partial charge in [0.15, 0.2) is 0 Å². The Balaban J connectivity index is 2.21. The summed E-state index contributed by atoms with van der Waals surface area (Å²) in [5.74, 6) is 0. The molecular weight excluding hydrogens is 199 g/mol. The van der Waals surface area contributed by atoms with Crippen molar-refractivity contribution in [2.24, 2.45) is 0 Å². The van der Waals surface area contributed by atoms with Gasteiger partial charge in [-0.2, -0.15) is 0 Å². The van der Waals surface area contributed by atoms with E-state index in [4.69, 9.17) is 14.3 Å². The first-order valence-corrected chi connectivity index (χ1v) is 5.43. The summed E-state index contributed by atoms with van der Waals surface area (Å²) >= 11 is 0. The molecule has 5 nitrogen and oxygen atoms in total. The van der Waals surface area contributed by atoms with Crippen molar-refractivity contribution >= 4 is 7.32 Å². The second-order valence-electron chi connectivity index (χ2n) is 3.91. The van der Waals surface area contributed by atoms with Crippen molar-refractivity contribution in [3.05, 3.63) is 0 Å². The molecule has 1 rings (SSSR count). The van der Waals surface area contributed by atoms with E-state index in [9.17, 15) is 10.2 Å². The molecule has 0 aromatic rings. The van der Waals surface area contributed by atoms with E-state index in [0.29, 0.717) is 32.3 Å². The summed E-state index contributed by atoms with van der Waals surface area (Å²) in [7, 11) is -1.17. The zero-order chi connectivity index (χ0) is 11.3. The van der Waals surface area contributed by atoms with Crippen molar-refractivity contribution in [2.45, 2.75) is 50.9 Å². The number of hydrogen-bond donors (Lipinski definition) is 3. The van der Waals surface area contributed by atoms with Gasteiger partial charge in [-0.3, -0.25) is 0 Å². The van der Waals surface area contributed by atoms with Crippen LogP contribution in [0.2, 0.25) is 0 Å². The van der Waals surface area contributed by atoms with Crippen LogP contribution in [0, 0.1) is 0 Å². The van der Waals surface area contributed by atoms with Crippen LogP contribution in [0.4, 0.5) is 0 Å². The lowest BCUT2D eigenvalue weighted by molar-refractivity contribution is -0.00958. The third kappa shape index (κ3) is 4.95. The Hall–Kier alpha value is -0.135. The second kappa shape index (κ2) is 6.45. The summed E-state index contributed by atoms with van der Waals surface area (Å²) < 4.78 is 9.86. The molecule has 0 radical (unpaired) electrons. The van der Waals surface area contributed by atoms with Gasteiger partial charge in [-0.25, -0.2) is 0 Å². The van der Waals surface area contributed by atoms with E-state index in [1.54, 1.807) is 0 Å². The van der Waals surface area contributed by atoms with Gasteiger partial charge in [0.25, 0.3) is 0 Å². The highest BCUT2D eigenvalue weighted by Crippen LogP contribution is 2.16. The van der Waals surface area contributed by atoms with Crippen LogP contribution in [-0.2, 0) is 9.31 Å². The molecule has 0 amide bonds. The van der Waals surface area contributed by atoms with Crippen molar-refractivity contribution in [3.8, 4) is 0 Å². The van der Waals surface area contributed by atoms with Crippen LogP contribution in [-0.4, -0.2) is 47.5 Å². The third-order valence-corrected chi connectivity index (χ3v) is 2.56. The van der Waals surface area contributed by atoms with Crippen LogP contribution >= 0.6 is 0 Å². The molecule has 0 aliphatic carbocycles. The first-order chi connectivity index (χ1) is 7.11. The molecule has 1 aliphatic rings. The predicted octanol–water partition coefficient (Wildman–Crippen LogP) is -0.319. The van der Waals surface area contributed by atoms with Gasteiger partial charge in [-0.05, 0) is 25.7 Å². The molecule has 0 aromatic carbocycles. The SMILES string of the molecule is CCC(O)CC(O)CC1CCOB(O)O1. The molecule has 3 N–H and O–H groups in total. The number of aliphatic hydroxyl groups excluding tert-OH is 2. The lowest BCUT2D eigenvalue weighted by Crippen LogP contribution is -2.38. The Labute approximate surface area is 90.2 Å². The fourth-order valence-corrected chi connectivity index (χ4v) is 1.63. The highest BCUT2D eigenvalue weighted by atomic mass is 16.7. The van der Waals surface area contributed by atoms with Gasteiger partial charge in [-0.15, -0.1) is 0 Å². The van der Waals surface area contributed by atoms with E-state index >= 15 is 0 Å². The van der Waals surface area contributed by atoms with E-state index in [-0.39, 0.29) is 6.10 Å². The normalized spacial score (nSPS) is 26.4. The second-order valence-corrected chi connectivity index (χ2v) is 3.91. The Kier molecular flexibility index (Phi) is 5.56. The monoisotopic (exact) mass is 218 g/mol. The lowest BCUT2D eigenvalue weighted by atomic mass is 10.00. The van der Waals surface area contributed by atoms with Gasteiger partial charge in [0.1, 0.15) is 0 Å². The quantitative estimate of drug-likeness (QED) is 0.551. The molecule has 1 heterocycles. The lowest BCUT2D eigenvalue weighted by Gasteiger charge is -2.27. The number of rotatable bonds is 5. The van der Waals surface area contributed by atoms with Gasteiger partial charge in [0.2, 0.25) is 0 Å². The molecule has 6 heteroatoms. The van der Waals surface area contributed by atoms with E-state index in [1.165, 1.54) is 0 Å². The van der Waals surface area contributed by atoms with Crippen LogP contribution in [0.1, 0.15) is 32.6 Å². The van der Waals surface area contributed by atoms with Crippen molar-refractivity contribution in [1.29, 1.82) is 0 Å². The summed E-state index contributed by atoms with van der Waals surface area (Å²) in [4.78, 5) is 0. The van der Waals surface area contributed by atoms with Crippen molar-refractivity contribution < 1.29 is 24.5 Å². The molecule has 0 aromatic heterocycles. The maximum Gasteiger partial charge on any atom is 0.636 e. The fourth-order valence-electron chi connectivity index (χ4n) is 1.63. The smallest absolute Gasteiger partial charge is 0.402 e. The minimum atomic E-state index is -1.17. The first kappa shape index (κ1) is 12.9. The molecule has 3 unspecified atom stereocenters. The molecule has 1 saturated heterocycles. The highest BCUT2D eigenvalue weighted by Gasteiger charge is 2.28. The summed E-state index contributed by atoms with van der Waals surface area (Å²) in [5.41, 5.74) is 0. The summed E-state index contributed by atoms with van der Waals surface area (Å²) in [5, 5.41) is 28.0. The maximum absolute atomic E-state index is 9.63. The minimum Gasteiger partial charge on any atom is -0.402 e. The van der Waals surface area contributed by atoms with E-state index in [1.807, 2.05) is 6.92 Å². The average molecular weight is 218 g/mol. The maximum atomic E-state index is 9.63. The van der Waals surface area contributed by atoms with Crippen LogP contribution in [0.15, 0.2) is 0 Å². The van der Waals surface area contributed by atoms with E-state index in [2.05, 4.69) is 0 Å². The molecule has 15 heavy (non-hydrogen) atoms. The Morgan fingerprint density at radius 1 is 1.40 bits per heavy atom. The first-order valence-electron chi connectivity index (χ1n) is 5.43. The molecule has 0 bridgehead atoms. The van der Waals surface area contributed by atoms with Crippen molar-refractivity contribution in [1.82, 2.24) is 0 Å². The van der Waals surface area contributed by atoms with Crippen LogP contribution in [0.5, 0.6) is 0 Å². The Bertz CT molecular complexity index is 180. The van der Waals surface area contributed by atoms with Crippen molar-refractivity contribution in [2.75, 3.05) is 6.61 Å². The molecule has 3 atom stereocenters. The third-order valence-electron chi connectivity index (χ3n) is 2.56. The zero-order valence-electron chi connectivity index (χ0n) is 9.00. The van der Waals surface area contributed by atoms with Gasteiger partial charge in [0.05, 0.1) is 12.2 Å². The summed E-state index contributed by atoms with van der Waals surface area (Å²) in [6.45, 7) is 2.31.